The Morgan fingerprint density at radius 2 is 2.00 bits per heavy atom. The lowest BCUT2D eigenvalue weighted by Crippen LogP contribution is -2.33. The minimum Gasteiger partial charge on any atom is -0.507 e. The summed E-state index contributed by atoms with van der Waals surface area (Å²) in [5.41, 5.74) is 2.20. The Morgan fingerprint density at radius 1 is 1.24 bits per heavy atom. The number of hydrogen-bond donors (Lipinski definition) is 3. The van der Waals surface area contributed by atoms with Gasteiger partial charge in [0.15, 0.2) is 0 Å². The summed E-state index contributed by atoms with van der Waals surface area (Å²) in [6.07, 6.45) is -0.115. The molecule has 108 valence electrons. The second-order valence-electron chi connectivity index (χ2n) is 5.08. The second-order valence-corrected chi connectivity index (χ2v) is 6.33. The SMILES string of the molecule is O=C(N[C@@H]1c2ccccc2C[C@@H]1O)c1cc(I)ccc1O. The number of amides is 1. The van der Waals surface area contributed by atoms with Gasteiger partial charge in [-0.1, -0.05) is 24.3 Å². The summed E-state index contributed by atoms with van der Waals surface area (Å²) in [6.45, 7) is 0. The number of aliphatic hydroxyl groups is 1. The van der Waals surface area contributed by atoms with Crippen molar-refractivity contribution in [1.82, 2.24) is 5.32 Å². The molecule has 3 N–H and O–H groups in total. The number of hydrogen-bond acceptors (Lipinski definition) is 3. The van der Waals surface area contributed by atoms with Crippen LogP contribution in [0.3, 0.4) is 0 Å². The van der Waals surface area contributed by atoms with E-state index in [0.717, 1.165) is 14.7 Å². The van der Waals surface area contributed by atoms with Crippen LogP contribution in [0.15, 0.2) is 42.5 Å². The van der Waals surface area contributed by atoms with E-state index in [4.69, 9.17) is 0 Å². The van der Waals surface area contributed by atoms with E-state index in [1.165, 1.54) is 6.07 Å². The fraction of sp³-hybridized carbons (Fsp3) is 0.188. The predicted octanol–water partition coefficient (Wildman–Crippen LogP) is 2.38. The highest BCUT2D eigenvalue weighted by atomic mass is 127. The van der Waals surface area contributed by atoms with Crippen LogP contribution in [0.2, 0.25) is 0 Å². The normalized spacial score (nSPS) is 20.1. The molecule has 5 heteroatoms. The molecule has 2 aromatic rings. The van der Waals surface area contributed by atoms with E-state index in [-0.39, 0.29) is 17.2 Å². The minimum atomic E-state index is -0.642. The zero-order valence-corrected chi connectivity index (χ0v) is 13.2. The van der Waals surface area contributed by atoms with Crippen LogP contribution in [-0.4, -0.2) is 22.2 Å². The molecule has 0 saturated heterocycles. The number of nitrogens with one attached hydrogen (secondary N) is 1. The summed E-state index contributed by atoms with van der Waals surface area (Å²) in [5.74, 6) is -0.444. The summed E-state index contributed by atoms with van der Waals surface area (Å²) >= 11 is 2.08. The van der Waals surface area contributed by atoms with Crippen LogP contribution >= 0.6 is 22.6 Å². The first-order chi connectivity index (χ1) is 10.1. The quantitative estimate of drug-likeness (QED) is 0.685. The maximum atomic E-state index is 12.3. The molecule has 21 heavy (non-hydrogen) atoms. The van der Waals surface area contributed by atoms with Gasteiger partial charge in [-0.25, -0.2) is 0 Å². The van der Waals surface area contributed by atoms with Gasteiger partial charge >= 0.3 is 0 Å². The van der Waals surface area contributed by atoms with Gasteiger partial charge in [0.1, 0.15) is 5.75 Å². The molecule has 0 heterocycles. The molecule has 0 spiro atoms. The number of aromatic hydroxyl groups is 1. The third kappa shape index (κ3) is 2.75. The molecule has 1 amide bonds. The Labute approximate surface area is 136 Å². The molecular weight excluding hydrogens is 381 g/mol. The highest BCUT2D eigenvalue weighted by Crippen LogP contribution is 2.32. The molecule has 0 aliphatic heterocycles. The maximum Gasteiger partial charge on any atom is 0.255 e. The fourth-order valence-corrected chi connectivity index (χ4v) is 3.15. The summed E-state index contributed by atoms with van der Waals surface area (Å²) in [7, 11) is 0. The molecule has 0 bridgehead atoms. The minimum absolute atomic E-state index is 0.0614. The van der Waals surface area contributed by atoms with Crippen molar-refractivity contribution in [1.29, 1.82) is 0 Å². The number of phenols is 1. The Balaban J connectivity index is 1.87. The van der Waals surface area contributed by atoms with Crippen LogP contribution in [0.25, 0.3) is 0 Å². The monoisotopic (exact) mass is 395 g/mol. The van der Waals surface area contributed by atoms with Gasteiger partial charge in [-0.3, -0.25) is 4.79 Å². The van der Waals surface area contributed by atoms with Gasteiger partial charge in [-0.05, 0) is 51.9 Å². The molecule has 3 rings (SSSR count). The molecule has 2 atom stereocenters. The number of fused-ring (bicyclic) bond motifs is 1. The van der Waals surface area contributed by atoms with Gasteiger partial charge in [0.05, 0.1) is 17.7 Å². The summed E-state index contributed by atoms with van der Waals surface area (Å²) in [4.78, 5) is 12.3. The standard InChI is InChI=1S/C16H14INO3/c17-10-5-6-13(19)12(8-10)16(21)18-15-11-4-2-1-3-9(11)7-14(15)20/h1-6,8,14-15,19-20H,7H2,(H,18,21)/t14-,15+/m0/s1. The van der Waals surface area contributed by atoms with E-state index < -0.39 is 12.1 Å². The van der Waals surface area contributed by atoms with Crippen molar-refractivity contribution in [3.8, 4) is 5.75 Å². The highest BCUT2D eigenvalue weighted by molar-refractivity contribution is 14.1. The Bertz CT molecular complexity index is 702. The molecule has 1 aliphatic carbocycles. The Kier molecular flexibility index (Phi) is 3.86. The average molecular weight is 395 g/mol. The second kappa shape index (κ2) is 5.65. The molecule has 4 nitrogen and oxygen atoms in total. The Hall–Kier alpha value is -1.60. The highest BCUT2D eigenvalue weighted by Gasteiger charge is 2.32. The third-order valence-corrected chi connectivity index (χ3v) is 4.36. The van der Waals surface area contributed by atoms with Gasteiger partial charge in [0, 0.05) is 9.99 Å². The molecular formula is C16H14INO3. The van der Waals surface area contributed by atoms with E-state index in [9.17, 15) is 15.0 Å². The van der Waals surface area contributed by atoms with E-state index in [1.807, 2.05) is 24.3 Å². The van der Waals surface area contributed by atoms with Crippen molar-refractivity contribution < 1.29 is 15.0 Å². The number of benzene rings is 2. The number of rotatable bonds is 2. The van der Waals surface area contributed by atoms with Crippen LogP contribution in [0.1, 0.15) is 27.5 Å². The molecule has 1 aliphatic rings. The third-order valence-electron chi connectivity index (χ3n) is 3.69. The largest absolute Gasteiger partial charge is 0.507 e. The van der Waals surface area contributed by atoms with Crippen molar-refractivity contribution in [3.05, 3.63) is 62.7 Å². The smallest absolute Gasteiger partial charge is 0.255 e. The molecule has 0 aromatic heterocycles. The van der Waals surface area contributed by atoms with Gasteiger partial charge in [-0.2, -0.15) is 0 Å². The summed E-state index contributed by atoms with van der Waals surface area (Å²) < 4.78 is 0.864. The lowest BCUT2D eigenvalue weighted by molar-refractivity contribution is 0.0855. The Morgan fingerprint density at radius 3 is 2.81 bits per heavy atom. The number of phenolic OH excluding ortho intramolecular Hbond substituents is 1. The van der Waals surface area contributed by atoms with Gasteiger partial charge in [0.2, 0.25) is 0 Å². The van der Waals surface area contributed by atoms with Crippen molar-refractivity contribution in [2.45, 2.75) is 18.6 Å². The number of aliphatic hydroxyl groups excluding tert-OH is 1. The van der Waals surface area contributed by atoms with Crippen LogP contribution in [0.5, 0.6) is 5.75 Å². The molecule has 2 aromatic carbocycles. The van der Waals surface area contributed by atoms with Crippen molar-refractivity contribution >= 4 is 28.5 Å². The molecule has 0 radical (unpaired) electrons. The van der Waals surface area contributed by atoms with Gasteiger partial charge < -0.3 is 15.5 Å². The molecule has 0 unspecified atom stereocenters. The van der Waals surface area contributed by atoms with E-state index >= 15 is 0 Å². The van der Waals surface area contributed by atoms with E-state index in [0.29, 0.717) is 6.42 Å². The zero-order chi connectivity index (χ0) is 15.0. The van der Waals surface area contributed by atoms with Crippen LogP contribution in [0.4, 0.5) is 0 Å². The first kappa shape index (κ1) is 14.3. The van der Waals surface area contributed by atoms with Crippen molar-refractivity contribution in [3.63, 3.8) is 0 Å². The lowest BCUT2D eigenvalue weighted by atomic mass is 10.1. The number of halogens is 1. The van der Waals surface area contributed by atoms with E-state index in [1.54, 1.807) is 12.1 Å². The van der Waals surface area contributed by atoms with Gasteiger partial charge in [0.25, 0.3) is 5.91 Å². The average Bonchev–Trinajstić information content (AvgIpc) is 2.78. The van der Waals surface area contributed by atoms with Crippen molar-refractivity contribution in [2.75, 3.05) is 0 Å². The first-order valence-electron chi connectivity index (χ1n) is 6.61. The first-order valence-corrected chi connectivity index (χ1v) is 7.69. The molecule has 0 saturated carbocycles. The van der Waals surface area contributed by atoms with Crippen LogP contribution in [0, 0.1) is 3.57 Å². The summed E-state index contributed by atoms with van der Waals surface area (Å²) in [6, 6.07) is 12.1. The topological polar surface area (TPSA) is 69.6 Å². The lowest BCUT2D eigenvalue weighted by Gasteiger charge is -2.18. The van der Waals surface area contributed by atoms with Crippen molar-refractivity contribution in [2.24, 2.45) is 0 Å². The van der Waals surface area contributed by atoms with Gasteiger partial charge in [-0.15, -0.1) is 0 Å². The van der Waals surface area contributed by atoms with Crippen LogP contribution in [-0.2, 0) is 6.42 Å². The predicted molar refractivity (Wildman–Crippen MR) is 87.2 cm³/mol. The fourth-order valence-electron chi connectivity index (χ4n) is 2.66. The maximum absolute atomic E-state index is 12.3. The van der Waals surface area contributed by atoms with Crippen LogP contribution < -0.4 is 5.32 Å². The number of carbonyl (C=O) groups excluding carboxylic acids is 1. The number of carbonyl (C=O) groups is 1. The summed E-state index contributed by atoms with van der Waals surface area (Å²) in [5, 5.41) is 22.8. The van der Waals surface area contributed by atoms with E-state index in [2.05, 4.69) is 27.9 Å². The zero-order valence-electron chi connectivity index (χ0n) is 11.1. The molecule has 0 fully saturated rings.